The van der Waals surface area contributed by atoms with Crippen molar-refractivity contribution in [2.24, 2.45) is 0 Å². The van der Waals surface area contributed by atoms with Gasteiger partial charge in [0.25, 0.3) is 0 Å². The number of halogens is 3. The lowest BCUT2D eigenvalue weighted by Gasteiger charge is -2.34. The molecule has 124 valence electrons. The molecule has 1 heterocycles. The molecule has 0 atom stereocenters. The van der Waals surface area contributed by atoms with E-state index < -0.39 is 11.7 Å². The number of hydrogen-bond donors (Lipinski definition) is 0. The molecule has 3 rings (SSSR count). The largest absolute Gasteiger partial charge is 0.417 e. The van der Waals surface area contributed by atoms with Crippen molar-refractivity contribution in [1.82, 2.24) is 0 Å². The average molecular weight is 330 g/mol. The van der Waals surface area contributed by atoms with E-state index in [0.717, 1.165) is 18.9 Å². The third-order valence-corrected chi connectivity index (χ3v) is 4.56. The summed E-state index contributed by atoms with van der Waals surface area (Å²) in [4.78, 5) is 1.97. The maximum atomic E-state index is 13.1. The van der Waals surface area contributed by atoms with Crippen LogP contribution in [0.5, 0.6) is 0 Å². The molecule has 0 radical (unpaired) electrons. The maximum absolute atomic E-state index is 13.1. The minimum absolute atomic E-state index is 0.328. The third kappa shape index (κ3) is 3.38. The Balaban J connectivity index is 1.76. The highest BCUT2D eigenvalue weighted by Crippen LogP contribution is 2.36. The molecule has 0 aromatic heterocycles. The molecule has 0 saturated carbocycles. The smallest absolute Gasteiger partial charge is 0.371 e. The Bertz CT molecular complexity index is 739. The Kier molecular flexibility index (Phi) is 4.48. The minimum atomic E-state index is -4.51. The van der Waals surface area contributed by atoms with Crippen LogP contribution in [0.1, 0.15) is 35.4 Å². The Morgan fingerprint density at radius 2 is 1.67 bits per heavy atom. The molecule has 0 amide bonds. The summed E-state index contributed by atoms with van der Waals surface area (Å²) in [5.74, 6) is 0.447. The number of hydrogen-bond acceptors (Lipinski definition) is 2. The fraction of sp³-hybridized carbons (Fsp3) is 0.316. The van der Waals surface area contributed by atoms with Crippen LogP contribution in [-0.4, -0.2) is 13.1 Å². The van der Waals surface area contributed by atoms with Crippen LogP contribution in [0.3, 0.4) is 0 Å². The van der Waals surface area contributed by atoms with Crippen LogP contribution in [-0.2, 0) is 6.18 Å². The molecule has 2 aromatic carbocycles. The number of rotatable bonds is 2. The quantitative estimate of drug-likeness (QED) is 0.778. The Hall–Kier alpha value is -2.48. The summed E-state index contributed by atoms with van der Waals surface area (Å²) >= 11 is 0. The topological polar surface area (TPSA) is 27.0 Å². The van der Waals surface area contributed by atoms with Gasteiger partial charge >= 0.3 is 6.18 Å². The Morgan fingerprint density at radius 1 is 1.00 bits per heavy atom. The van der Waals surface area contributed by atoms with Gasteiger partial charge in [-0.1, -0.05) is 30.3 Å². The summed E-state index contributed by atoms with van der Waals surface area (Å²) in [5.41, 5.74) is 0.638. The zero-order valence-corrected chi connectivity index (χ0v) is 13.1. The van der Waals surface area contributed by atoms with Crippen molar-refractivity contribution in [3.05, 3.63) is 65.2 Å². The van der Waals surface area contributed by atoms with Gasteiger partial charge in [-0.05, 0) is 42.5 Å². The van der Waals surface area contributed by atoms with Crippen LogP contribution in [0.25, 0.3) is 0 Å². The molecule has 2 nitrogen and oxygen atoms in total. The molecule has 1 saturated heterocycles. The van der Waals surface area contributed by atoms with Gasteiger partial charge in [-0.25, -0.2) is 0 Å². The summed E-state index contributed by atoms with van der Waals surface area (Å²) in [5, 5.41) is 8.88. The lowest BCUT2D eigenvalue weighted by molar-refractivity contribution is -0.137. The highest BCUT2D eigenvalue weighted by Gasteiger charge is 2.34. The number of nitrogens with zero attached hydrogens (tertiary/aromatic N) is 2. The van der Waals surface area contributed by atoms with Crippen LogP contribution < -0.4 is 4.90 Å². The molecule has 1 aliphatic heterocycles. The first-order valence-corrected chi connectivity index (χ1v) is 7.90. The molecule has 2 aromatic rings. The molecule has 5 heteroatoms. The van der Waals surface area contributed by atoms with E-state index in [4.69, 9.17) is 5.26 Å². The minimum Gasteiger partial charge on any atom is -0.371 e. The van der Waals surface area contributed by atoms with Crippen molar-refractivity contribution in [2.75, 3.05) is 18.0 Å². The Morgan fingerprint density at radius 3 is 2.25 bits per heavy atom. The van der Waals surface area contributed by atoms with Gasteiger partial charge in [-0.15, -0.1) is 0 Å². The second kappa shape index (κ2) is 6.56. The van der Waals surface area contributed by atoms with Gasteiger partial charge in [0, 0.05) is 18.8 Å². The van der Waals surface area contributed by atoms with Crippen molar-refractivity contribution in [3.8, 4) is 6.07 Å². The lowest BCUT2D eigenvalue weighted by atomic mass is 9.89. The zero-order chi connectivity index (χ0) is 17.2. The molecule has 0 bridgehead atoms. The average Bonchev–Trinajstić information content (AvgIpc) is 2.61. The van der Waals surface area contributed by atoms with Gasteiger partial charge < -0.3 is 4.90 Å². The number of alkyl halides is 3. The predicted octanol–water partition coefficient (Wildman–Crippen LogP) is 4.96. The summed E-state index contributed by atoms with van der Waals surface area (Å²) < 4.78 is 39.3. The molecular weight excluding hydrogens is 313 g/mol. The Labute approximate surface area is 139 Å². The lowest BCUT2D eigenvalue weighted by Crippen LogP contribution is -2.33. The number of benzene rings is 2. The fourth-order valence-corrected chi connectivity index (χ4v) is 3.26. The van der Waals surface area contributed by atoms with Gasteiger partial charge in [0.05, 0.1) is 17.2 Å². The zero-order valence-electron chi connectivity index (χ0n) is 13.1. The van der Waals surface area contributed by atoms with Gasteiger partial charge in [0.1, 0.15) is 0 Å². The van der Waals surface area contributed by atoms with E-state index in [1.165, 1.54) is 11.6 Å². The second-order valence-electron chi connectivity index (χ2n) is 6.01. The first-order chi connectivity index (χ1) is 11.5. The molecule has 24 heavy (non-hydrogen) atoms. The first kappa shape index (κ1) is 16.4. The molecule has 1 fully saturated rings. The predicted molar refractivity (Wildman–Crippen MR) is 86.8 cm³/mol. The van der Waals surface area contributed by atoms with Gasteiger partial charge in [-0.2, -0.15) is 18.4 Å². The van der Waals surface area contributed by atoms with Crippen molar-refractivity contribution in [3.63, 3.8) is 0 Å². The standard InChI is InChI=1S/C19H17F3N2/c20-19(21,22)18-12-17(7-6-16(18)13-23)24-10-8-15(9-11-24)14-4-2-1-3-5-14/h1-7,12,15H,8-11H2. The fourth-order valence-electron chi connectivity index (χ4n) is 3.26. The highest BCUT2D eigenvalue weighted by atomic mass is 19.4. The summed E-state index contributed by atoms with van der Waals surface area (Å²) in [6.07, 6.45) is -2.69. The summed E-state index contributed by atoms with van der Waals surface area (Å²) in [6.45, 7) is 1.42. The third-order valence-electron chi connectivity index (χ3n) is 4.56. The second-order valence-corrected chi connectivity index (χ2v) is 6.01. The van der Waals surface area contributed by atoms with Gasteiger partial charge in [0.2, 0.25) is 0 Å². The molecule has 1 aliphatic rings. The summed E-state index contributed by atoms with van der Waals surface area (Å²) in [6, 6.07) is 15.8. The van der Waals surface area contributed by atoms with Crippen LogP contribution in [0, 0.1) is 11.3 Å². The van der Waals surface area contributed by atoms with Crippen LogP contribution >= 0.6 is 0 Å². The number of nitriles is 1. The maximum Gasteiger partial charge on any atom is 0.417 e. The van der Waals surface area contributed by atoms with Crippen molar-refractivity contribution < 1.29 is 13.2 Å². The van der Waals surface area contributed by atoms with E-state index >= 15 is 0 Å². The highest BCUT2D eigenvalue weighted by molar-refractivity contribution is 5.55. The van der Waals surface area contributed by atoms with Gasteiger partial charge in [-0.3, -0.25) is 0 Å². The van der Waals surface area contributed by atoms with E-state index in [2.05, 4.69) is 12.1 Å². The first-order valence-electron chi connectivity index (χ1n) is 7.90. The SMILES string of the molecule is N#Cc1ccc(N2CCC(c3ccccc3)CC2)cc1C(F)(F)F. The van der Waals surface area contributed by atoms with Crippen LogP contribution in [0.4, 0.5) is 18.9 Å². The van der Waals surface area contributed by atoms with Crippen LogP contribution in [0.15, 0.2) is 48.5 Å². The molecular formula is C19H17F3N2. The molecule has 0 aliphatic carbocycles. The van der Waals surface area contributed by atoms with E-state index in [-0.39, 0.29) is 5.56 Å². The van der Waals surface area contributed by atoms with Crippen molar-refractivity contribution in [1.29, 1.82) is 5.26 Å². The summed E-state index contributed by atoms with van der Waals surface area (Å²) in [7, 11) is 0. The monoisotopic (exact) mass is 330 g/mol. The van der Waals surface area contributed by atoms with E-state index in [9.17, 15) is 13.2 Å². The molecule has 0 unspecified atom stereocenters. The normalized spacial score (nSPS) is 16.0. The van der Waals surface area contributed by atoms with Crippen LogP contribution in [0.2, 0.25) is 0 Å². The van der Waals surface area contributed by atoms with E-state index in [1.807, 2.05) is 23.1 Å². The molecule has 0 N–H and O–H groups in total. The van der Waals surface area contributed by atoms with Gasteiger partial charge in [0.15, 0.2) is 0 Å². The molecule has 0 spiro atoms. The number of anilines is 1. The van der Waals surface area contributed by atoms with E-state index in [0.29, 0.717) is 24.7 Å². The van der Waals surface area contributed by atoms with Crippen molar-refractivity contribution >= 4 is 5.69 Å². The van der Waals surface area contributed by atoms with E-state index in [1.54, 1.807) is 12.1 Å². The van der Waals surface area contributed by atoms with Crippen molar-refractivity contribution in [2.45, 2.75) is 24.9 Å². The number of piperidine rings is 1.